The molecule has 0 radical (unpaired) electrons. The lowest BCUT2D eigenvalue weighted by atomic mass is 9.89. The molecular formula is C32H35FN4O3. The number of urea groups is 1. The molecule has 3 N–H and O–H groups in total. The highest BCUT2D eigenvalue weighted by Crippen LogP contribution is 2.34. The van der Waals surface area contributed by atoms with Gasteiger partial charge in [0.2, 0.25) is 0 Å². The van der Waals surface area contributed by atoms with Gasteiger partial charge < -0.3 is 15.2 Å². The van der Waals surface area contributed by atoms with Crippen molar-refractivity contribution in [2.24, 2.45) is 0 Å². The third-order valence-electron chi connectivity index (χ3n) is 7.08. The van der Waals surface area contributed by atoms with Gasteiger partial charge in [0.15, 0.2) is 0 Å². The summed E-state index contributed by atoms with van der Waals surface area (Å²) in [7, 11) is 0. The third kappa shape index (κ3) is 6.18. The van der Waals surface area contributed by atoms with E-state index in [-0.39, 0.29) is 12.0 Å². The lowest BCUT2D eigenvalue weighted by molar-refractivity contribution is 0.156. The number of ether oxygens (including phenoxy) is 1. The maximum Gasteiger partial charge on any atom is 0.320 e. The molecule has 8 heteroatoms. The van der Waals surface area contributed by atoms with E-state index in [1.807, 2.05) is 49.4 Å². The minimum atomic E-state index is -0.455. The summed E-state index contributed by atoms with van der Waals surface area (Å²) in [5.74, 6) is 1.14. The number of hydrogen-bond acceptors (Lipinski definition) is 4. The molecule has 40 heavy (non-hydrogen) atoms. The molecule has 208 valence electrons. The molecule has 7 nitrogen and oxygen atoms in total. The quantitative estimate of drug-likeness (QED) is 0.242. The minimum Gasteiger partial charge on any atom is -0.457 e. The van der Waals surface area contributed by atoms with E-state index in [9.17, 15) is 14.3 Å². The predicted molar refractivity (Wildman–Crippen MR) is 154 cm³/mol. The third-order valence-corrected chi connectivity index (χ3v) is 7.08. The number of halogens is 1. The monoisotopic (exact) mass is 542 g/mol. The fourth-order valence-electron chi connectivity index (χ4n) is 4.80. The standard InChI is InChI=1S/C32H35FN4O3/c1-20-8-11-24(12-9-20)37-30(18-29(36-37)32(2,3)4)35-31(39)34-19-22-16-23(33)10-15-28(22)40-25-13-14-26-21(17-25)6-5-7-27(26)38/h8-18,27,38H,5-7,19H2,1-4H3,(H2,34,35,39). The first kappa shape index (κ1) is 27.4. The molecule has 0 saturated heterocycles. The van der Waals surface area contributed by atoms with Crippen molar-refractivity contribution in [3.8, 4) is 17.2 Å². The highest BCUT2D eigenvalue weighted by atomic mass is 19.1. The van der Waals surface area contributed by atoms with Crippen molar-refractivity contribution in [2.45, 2.75) is 65.0 Å². The number of aliphatic hydroxyl groups excluding tert-OH is 1. The average molecular weight is 543 g/mol. The number of nitrogens with zero attached hydrogens (tertiary/aromatic N) is 2. The Hall–Kier alpha value is -4.17. The highest BCUT2D eigenvalue weighted by Gasteiger charge is 2.22. The van der Waals surface area contributed by atoms with Crippen LogP contribution in [0.15, 0.2) is 66.7 Å². The van der Waals surface area contributed by atoms with Crippen LogP contribution in [0.25, 0.3) is 5.69 Å². The topological polar surface area (TPSA) is 88.4 Å². The smallest absolute Gasteiger partial charge is 0.320 e. The summed E-state index contributed by atoms with van der Waals surface area (Å²) in [6.07, 6.45) is 2.09. The maximum atomic E-state index is 14.2. The zero-order valence-electron chi connectivity index (χ0n) is 23.3. The molecule has 0 bridgehead atoms. The Morgan fingerprint density at radius 2 is 1.88 bits per heavy atom. The molecule has 2 amide bonds. The summed E-state index contributed by atoms with van der Waals surface area (Å²) in [4.78, 5) is 13.0. The summed E-state index contributed by atoms with van der Waals surface area (Å²) in [6.45, 7) is 8.26. The number of anilines is 1. The van der Waals surface area contributed by atoms with Crippen LogP contribution in [0.4, 0.5) is 15.0 Å². The molecule has 1 unspecified atom stereocenters. The fourth-order valence-corrected chi connectivity index (χ4v) is 4.80. The minimum absolute atomic E-state index is 0.0490. The maximum absolute atomic E-state index is 14.2. The van der Waals surface area contributed by atoms with Gasteiger partial charge in [0.25, 0.3) is 0 Å². The number of fused-ring (bicyclic) bond motifs is 1. The number of hydrogen-bond donors (Lipinski definition) is 3. The number of carbonyl (C=O) groups is 1. The zero-order valence-corrected chi connectivity index (χ0v) is 23.3. The number of nitrogens with one attached hydrogen (secondary N) is 2. The van der Waals surface area contributed by atoms with Crippen LogP contribution in [0.5, 0.6) is 11.5 Å². The van der Waals surface area contributed by atoms with Crippen LogP contribution in [0, 0.1) is 12.7 Å². The van der Waals surface area contributed by atoms with Crippen molar-refractivity contribution in [1.82, 2.24) is 15.1 Å². The van der Waals surface area contributed by atoms with Gasteiger partial charge in [-0.2, -0.15) is 5.10 Å². The van der Waals surface area contributed by atoms with Crippen LogP contribution in [-0.2, 0) is 18.4 Å². The van der Waals surface area contributed by atoms with Crippen molar-refractivity contribution in [3.05, 3.63) is 100 Å². The fraction of sp³-hybridized carbons (Fsp3) is 0.312. The lowest BCUT2D eigenvalue weighted by Crippen LogP contribution is -2.29. The van der Waals surface area contributed by atoms with E-state index in [4.69, 9.17) is 9.84 Å². The Balaban J connectivity index is 1.32. The van der Waals surface area contributed by atoms with Gasteiger partial charge in [-0.3, -0.25) is 5.32 Å². The van der Waals surface area contributed by atoms with E-state index >= 15 is 0 Å². The number of benzene rings is 3. The van der Waals surface area contributed by atoms with Crippen molar-refractivity contribution in [2.75, 3.05) is 5.32 Å². The molecule has 1 aliphatic carbocycles. The molecule has 1 atom stereocenters. The molecule has 1 heterocycles. The van der Waals surface area contributed by atoms with Crippen LogP contribution >= 0.6 is 0 Å². The van der Waals surface area contributed by atoms with E-state index in [2.05, 4.69) is 31.4 Å². The second kappa shape index (κ2) is 11.1. The Morgan fingerprint density at radius 1 is 1.10 bits per heavy atom. The molecule has 3 aromatic carbocycles. The van der Waals surface area contributed by atoms with E-state index in [0.29, 0.717) is 22.9 Å². The number of aromatic nitrogens is 2. The van der Waals surface area contributed by atoms with Crippen molar-refractivity contribution in [3.63, 3.8) is 0 Å². The molecule has 0 aliphatic heterocycles. The first-order chi connectivity index (χ1) is 19.1. The van der Waals surface area contributed by atoms with Gasteiger partial charge in [-0.1, -0.05) is 44.5 Å². The summed E-state index contributed by atoms with van der Waals surface area (Å²) in [5.41, 5.74) is 5.05. The average Bonchev–Trinajstić information content (AvgIpc) is 3.33. The van der Waals surface area contributed by atoms with Gasteiger partial charge >= 0.3 is 6.03 Å². The molecule has 4 aromatic rings. The number of rotatable bonds is 6. The molecule has 1 aromatic heterocycles. The normalized spacial score (nSPS) is 14.9. The van der Waals surface area contributed by atoms with Crippen LogP contribution in [-0.4, -0.2) is 20.9 Å². The Morgan fingerprint density at radius 3 is 2.62 bits per heavy atom. The summed E-state index contributed by atoms with van der Waals surface area (Å²) in [6, 6.07) is 19.2. The van der Waals surface area contributed by atoms with Crippen LogP contribution in [0.3, 0.4) is 0 Å². The zero-order chi connectivity index (χ0) is 28.4. The second-order valence-electron chi connectivity index (χ2n) is 11.3. The molecule has 0 saturated carbocycles. The summed E-state index contributed by atoms with van der Waals surface area (Å²) < 4.78 is 22.0. The SMILES string of the molecule is Cc1ccc(-n2nc(C(C)(C)C)cc2NC(=O)NCc2cc(F)ccc2Oc2ccc3c(c2)CCCC3O)cc1. The van der Waals surface area contributed by atoms with Gasteiger partial charge in [0, 0.05) is 23.6 Å². The second-order valence-corrected chi connectivity index (χ2v) is 11.3. The highest BCUT2D eigenvalue weighted by molar-refractivity contribution is 5.88. The van der Waals surface area contributed by atoms with Gasteiger partial charge in [-0.05, 0) is 79.8 Å². The van der Waals surface area contributed by atoms with E-state index in [1.165, 1.54) is 12.1 Å². The molecule has 0 fully saturated rings. The first-order valence-corrected chi connectivity index (χ1v) is 13.6. The summed E-state index contributed by atoms with van der Waals surface area (Å²) in [5, 5.41) is 20.7. The van der Waals surface area contributed by atoms with Crippen LogP contribution < -0.4 is 15.4 Å². The Labute approximate surface area is 234 Å². The summed E-state index contributed by atoms with van der Waals surface area (Å²) >= 11 is 0. The predicted octanol–water partition coefficient (Wildman–Crippen LogP) is 7.10. The van der Waals surface area contributed by atoms with Crippen molar-refractivity contribution >= 4 is 11.8 Å². The Bertz CT molecular complexity index is 1520. The number of aliphatic hydroxyl groups is 1. The first-order valence-electron chi connectivity index (χ1n) is 13.6. The Kier molecular flexibility index (Phi) is 7.63. The van der Waals surface area contributed by atoms with Crippen molar-refractivity contribution < 1.29 is 19.0 Å². The van der Waals surface area contributed by atoms with Crippen molar-refractivity contribution in [1.29, 1.82) is 0 Å². The van der Waals surface area contributed by atoms with Crippen LogP contribution in [0.1, 0.15) is 67.7 Å². The largest absolute Gasteiger partial charge is 0.457 e. The van der Waals surface area contributed by atoms with Gasteiger partial charge in [0.05, 0.1) is 17.5 Å². The molecule has 0 spiro atoms. The van der Waals surface area contributed by atoms with Gasteiger partial charge in [-0.15, -0.1) is 0 Å². The van der Waals surface area contributed by atoms with Gasteiger partial charge in [-0.25, -0.2) is 13.9 Å². The molecular weight excluding hydrogens is 507 g/mol. The molecule has 5 rings (SSSR count). The van der Waals surface area contributed by atoms with E-state index in [0.717, 1.165) is 47.3 Å². The molecule has 1 aliphatic rings. The van der Waals surface area contributed by atoms with E-state index < -0.39 is 18.0 Å². The number of amides is 2. The van der Waals surface area contributed by atoms with E-state index in [1.54, 1.807) is 16.8 Å². The number of aryl methyl sites for hydroxylation is 2. The lowest BCUT2D eigenvalue weighted by Gasteiger charge is -2.22. The number of carbonyl (C=O) groups excluding carboxylic acids is 1. The van der Waals surface area contributed by atoms with Crippen LogP contribution in [0.2, 0.25) is 0 Å². The van der Waals surface area contributed by atoms with Gasteiger partial charge in [0.1, 0.15) is 23.1 Å².